The minimum Gasteiger partial charge on any atom is -0.497 e. The Morgan fingerprint density at radius 2 is 2.00 bits per heavy atom. The number of anilines is 1. The number of ether oxygens (including phenoxy) is 1. The van der Waals surface area contributed by atoms with Crippen molar-refractivity contribution in [2.45, 2.75) is 13.0 Å². The Morgan fingerprint density at radius 1 is 1.25 bits per heavy atom. The smallest absolute Gasteiger partial charge is 0.270 e. The standard InChI is InChI=1S/C22H18N4O5S/c1-13(20(27)24-15-6-8-17(31-2)9-7-15)25-12-23-21-19(22(25)28)18(11-32-21)14-4-3-5-16(10-14)26(29)30/h3-13H,1-2H3,(H,24,27). The van der Waals surface area contributed by atoms with E-state index in [4.69, 9.17) is 4.74 Å². The van der Waals surface area contributed by atoms with Gasteiger partial charge in [0.1, 0.15) is 16.6 Å². The molecule has 0 aliphatic carbocycles. The third-order valence-electron chi connectivity index (χ3n) is 5.04. The Kier molecular flexibility index (Phi) is 5.69. The number of nitro benzene ring substituents is 1. The molecule has 1 amide bonds. The predicted molar refractivity (Wildman–Crippen MR) is 122 cm³/mol. The highest BCUT2D eigenvalue weighted by atomic mass is 32.1. The number of carbonyl (C=O) groups is 1. The van der Waals surface area contributed by atoms with Gasteiger partial charge in [-0.25, -0.2) is 4.98 Å². The fourth-order valence-electron chi connectivity index (χ4n) is 3.27. The van der Waals surface area contributed by atoms with Gasteiger partial charge in [-0.2, -0.15) is 0 Å². The molecule has 4 aromatic rings. The molecule has 1 atom stereocenters. The van der Waals surface area contributed by atoms with Crippen LogP contribution in [0.1, 0.15) is 13.0 Å². The van der Waals surface area contributed by atoms with Crippen LogP contribution >= 0.6 is 11.3 Å². The molecule has 162 valence electrons. The summed E-state index contributed by atoms with van der Waals surface area (Å²) >= 11 is 1.27. The molecule has 0 aliphatic heterocycles. The molecule has 0 spiro atoms. The van der Waals surface area contributed by atoms with Gasteiger partial charge in [0, 0.05) is 28.8 Å². The largest absolute Gasteiger partial charge is 0.497 e. The maximum Gasteiger partial charge on any atom is 0.270 e. The van der Waals surface area contributed by atoms with Crippen molar-refractivity contribution in [3.05, 3.63) is 80.7 Å². The maximum absolute atomic E-state index is 13.3. The van der Waals surface area contributed by atoms with Gasteiger partial charge in [-0.05, 0) is 36.8 Å². The number of non-ortho nitro benzene ring substituents is 1. The number of benzene rings is 2. The Labute approximate surface area is 186 Å². The van der Waals surface area contributed by atoms with Gasteiger partial charge in [-0.15, -0.1) is 11.3 Å². The molecule has 0 fully saturated rings. The quantitative estimate of drug-likeness (QED) is 0.347. The molecule has 0 aliphatic rings. The second-order valence-corrected chi connectivity index (χ2v) is 7.85. The van der Waals surface area contributed by atoms with Gasteiger partial charge in [-0.1, -0.05) is 12.1 Å². The number of rotatable bonds is 6. The van der Waals surface area contributed by atoms with Crippen LogP contribution in [-0.2, 0) is 4.79 Å². The normalized spacial score (nSPS) is 11.8. The highest BCUT2D eigenvalue weighted by Crippen LogP contribution is 2.32. The molecule has 0 radical (unpaired) electrons. The second kappa shape index (κ2) is 8.60. The third kappa shape index (κ3) is 3.95. The molecular weight excluding hydrogens is 432 g/mol. The van der Waals surface area contributed by atoms with Crippen LogP contribution in [0.4, 0.5) is 11.4 Å². The van der Waals surface area contributed by atoms with Gasteiger partial charge >= 0.3 is 0 Å². The average Bonchev–Trinajstić information content (AvgIpc) is 3.24. The van der Waals surface area contributed by atoms with E-state index < -0.39 is 16.5 Å². The van der Waals surface area contributed by atoms with E-state index in [-0.39, 0.29) is 11.6 Å². The van der Waals surface area contributed by atoms with Crippen molar-refractivity contribution < 1.29 is 14.5 Å². The molecule has 2 aromatic heterocycles. The molecule has 0 saturated carbocycles. The summed E-state index contributed by atoms with van der Waals surface area (Å²) in [6.07, 6.45) is 1.34. The number of hydrogen-bond acceptors (Lipinski definition) is 7. The number of methoxy groups -OCH3 is 1. The first kappa shape index (κ1) is 21.2. The van der Waals surface area contributed by atoms with Gasteiger partial charge in [0.05, 0.1) is 23.7 Å². The van der Waals surface area contributed by atoms with Crippen LogP contribution in [0.3, 0.4) is 0 Å². The molecular formula is C22H18N4O5S. The van der Waals surface area contributed by atoms with Gasteiger partial charge in [-0.3, -0.25) is 24.3 Å². The minimum absolute atomic E-state index is 0.0710. The van der Waals surface area contributed by atoms with Crippen molar-refractivity contribution >= 4 is 38.8 Å². The summed E-state index contributed by atoms with van der Waals surface area (Å²) in [7, 11) is 1.55. The van der Waals surface area contributed by atoms with Crippen molar-refractivity contribution in [1.82, 2.24) is 9.55 Å². The number of fused-ring (bicyclic) bond motifs is 1. The summed E-state index contributed by atoms with van der Waals surface area (Å²) in [5.74, 6) is 0.276. The molecule has 32 heavy (non-hydrogen) atoms. The number of nitro groups is 1. The van der Waals surface area contributed by atoms with Crippen LogP contribution in [0.5, 0.6) is 5.75 Å². The fourth-order valence-corrected chi connectivity index (χ4v) is 4.17. The Morgan fingerprint density at radius 3 is 2.69 bits per heavy atom. The lowest BCUT2D eigenvalue weighted by atomic mass is 10.1. The molecule has 2 heterocycles. The van der Waals surface area contributed by atoms with Gasteiger partial charge in [0.15, 0.2) is 0 Å². The highest BCUT2D eigenvalue weighted by molar-refractivity contribution is 7.17. The number of nitrogens with zero attached hydrogens (tertiary/aromatic N) is 3. The summed E-state index contributed by atoms with van der Waals surface area (Å²) in [6.45, 7) is 1.60. The van der Waals surface area contributed by atoms with E-state index in [2.05, 4.69) is 10.3 Å². The average molecular weight is 450 g/mol. The lowest BCUT2D eigenvalue weighted by molar-refractivity contribution is -0.384. The summed E-state index contributed by atoms with van der Waals surface area (Å²) < 4.78 is 6.36. The zero-order valence-electron chi connectivity index (χ0n) is 17.1. The summed E-state index contributed by atoms with van der Waals surface area (Å²) in [6, 6.07) is 12.1. The lowest BCUT2D eigenvalue weighted by Gasteiger charge is -2.15. The first-order chi connectivity index (χ1) is 15.4. The predicted octanol–water partition coefficient (Wildman–Crippen LogP) is 4.24. The number of carbonyl (C=O) groups excluding carboxylic acids is 1. The second-order valence-electron chi connectivity index (χ2n) is 6.99. The van der Waals surface area contributed by atoms with E-state index in [0.717, 1.165) is 0 Å². The van der Waals surface area contributed by atoms with E-state index in [9.17, 15) is 19.7 Å². The number of thiophene rings is 1. The van der Waals surface area contributed by atoms with E-state index in [1.807, 2.05) is 0 Å². The lowest BCUT2D eigenvalue weighted by Crippen LogP contribution is -2.31. The topological polar surface area (TPSA) is 116 Å². The van der Waals surface area contributed by atoms with Gasteiger partial charge in [0.2, 0.25) is 5.91 Å². The van der Waals surface area contributed by atoms with Crippen molar-refractivity contribution in [3.8, 4) is 16.9 Å². The molecule has 0 saturated heterocycles. The van der Waals surface area contributed by atoms with Crippen LogP contribution in [0.15, 0.2) is 65.0 Å². The molecule has 1 unspecified atom stereocenters. The van der Waals surface area contributed by atoms with Crippen molar-refractivity contribution in [1.29, 1.82) is 0 Å². The van der Waals surface area contributed by atoms with Crippen LogP contribution in [0, 0.1) is 10.1 Å². The number of aromatic nitrogens is 2. The Balaban J connectivity index is 1.69. The summed E-state index contributed by atoms with van der Waals surface area (Å²) in [5.41, 5.74) is 1.19. The number of hydrogen-bond donors (Lipinski definition) is 1. The maximum atomic E-state index is 13.3. The van der Waals surface area contributed by atoms with Crippen LogP contribution in [-0.4, -0.2) is 27.5 Å². The van der Waals surface area contributed by atoms with Crippen molar-refractivity contribution in [2.75, 3.05) is 12.4 Å². The van der Waals surface area contributed by atoms with E-state index in [1.54, 1.807) is 55.8 Å². The molecule has 2 aromatic carbocycles. The third-order valence-corrected chi connectivity index (χ3v) is 5.93. The van der Waals surface area contributed by atoms with E-state index >= 15 is 0 Å². The molecule has 9 nitrogen and oxygen atoms in total. The first-order valence-corrected chi connectivity index (χ1v) is 10.4. The molecule has 10 heteroatoms. The Bertz CT molecular complexity index is 1380. The zero-order chi connectivity index (χ0) is 22.8. The SMILES string of the molecule is COc1ccc(NC(=O)C(C)n2cnc3scc(-c4cccc([N+](=O)[O-])c4)c3c2=O)cc1. The van der Waals surface area contributed by atoms with Crippen LogP contribution in [0.25, 0.3) is 21.3 Å². The number of amides is 1. The molecule has 0 bridgehead atoms. The van der Waals surface area contributed by atoms with Crippen LogP contribution in [0.2, 0.25) is 0 Å². The monoisotopic (exact) mass is 450 g/mol. The van der Waals surface area contributed by atoms with Gasteiger partial charge < -0.3 is 10.1 Å². The van der Waals surface area contributed by atoms with Crippen molar-refractivity contribution in [2.24, 2.45) is 0 Å². The summed E-state index contributed by atoms with van der Waals surface area (Å²) in [4.78, 5) is 41.5. The van der Waals surface area contributed by atoms with Crippen LogP contribution < -0.4 is 15.6 Å². The molecule has 4 rings (SSSR count). The van der Waals surface area contributed by atoms with Gasteiger partial charge in [0.25, 0.3) is 11.2 Å². The minimum atomic E-state index is -0.834. The van der Waals surface area contributed by atoms with Crippen molar-refractivity contribution in [3.63, 3.8) is 0 Å². The van der Waals surface area contributed by atoms with E-state index in [1.165, 1.54) is 34.4 Å². The first-order valence-electron chi connectivity index (χ1n) is 9.57. The summed E-state index contributed by atoms with van der Waals surface area (Å²) in [5, 5.41) is 16.0. The van der Waals surface area contributed by atoms with E-state index in [0.29, 0.717) is 32.8 Å². The highest BCUT2D eigenvalue weighted by Gasteiger charge is 2.21. The Hall–Kier alpha value is -4.05. The zero-order valence-corrected chi connectivity index (χ0v) is 18.0. The molecule has 1 N–H and O–H groups in total. The fraction of sp³-hybridized carbons (Fsp3) is 0.136. The number of nitrogens with one attached hydrogen (secondary N) is 1.